The predicted molar refractivity (Wildman–Crippen MR) is 227 cm³/mol. The summed E-state index contributed by atoms with van der Waals surface area (Å²) in [5.41, 5.74) is 11.9. The standard InChI is InChI=1S/C51H32N2O2/c1-3-13-34(14-4-1)40-19-11-12-22-46(40)53(47-29-37-17-7-8-18-39(37)41-20-9-10-21-42(41)47)38-26-23-33(24-27-38)36-25-28-43-44-31-45-50(32-49(44)54-48(43)30-36)55-51(52-45)35-15-5-2-6-16-35/h1-32H. The van der Waals surface area contributed by atoms with Crippen LogP contribution in [0.3, 0.4) is 0 Å². The van der Waals surface area contributed by atoms with Gasteiger partial charge in [-0.2, -0.15) is 0 Å². The molecule has 0 amide bonds. The first-order chi connectivity index (χ1) is 27.2. The number of furan rings is 1. The molecule has 0 aliphatic heterocycles. The second kappa shape index (κ2) is 12.6. The number of para-hydroxylation sites is 1. The zero-order valence-corrected chi connectivity index (χ0v) is 29.7. The Morgan fingerprint density at radius 3 is 1.84 bits per heavy atom. The van der Waals surface area contributed by atoms with Crippen molar-refractivity contribution in [3.05, 3.63) is 194 Å². The molecule has 0 saturated heterocycles. The van der Waals surface area contributed by atoms with E-state index in [1.165, 1.54) is 27.1 Å². The molecule has 0 saturated carbocycles. The van der Waals surface area contributed by atoms with E-state index in [1.54, 1.807) is 0 Å². The lowest BCUT2D eigenvalue weighted by Gasteiger charge is -2.29. The van der Waals surface area contributed by atoms with Crippen LogP contribution in [0.1, 0.15) is 0 Å². The minimum atomic E-state index is 0.606. The normalized spacial score (nSPS) is 11.6. The highest BCUT2D eigenvalue weighted by molar-refractivity contribution is 6.15. The molecule has 4 nitrogen and oxygen atoms in total. The van der Waals surface area contributed by atoms with Crippen molar-refractivity contribution in [3.8, 4) is 33.7 Å². The fourth-order valence-electron chi connectivity index (χ4n) is 8.04. The number of benzene rings is 9. The highest BCUT2D eigenvalue weighted by Gasteiger charge is 2.21. The summed E-state index contributed by atoms with van der Waals surface area (Å²) in [7, 11) is 0. The van der Waals surface area contributed by atoms with Crippen LogP contribution in [0.25, 0.3) is 88.3 Å². The lowest BCUT2D eigenvalue weighted by atomic mass is 9.97. The zero-order valence-electron chi connectivity index (χ0n) is 29.7. The maximum absolute atomic E-state index is 6.45. The van der Waals surface area contributed by atoms with Gasteiger partial charge >= 0.3 is 0 Å². The van der Waals surface area contributed by atoms with Gasteiger partial charge in [-0.1, -0.05) is 133 Å². The highest BCUT2D eigenvalue weighted by atomic mass is 16.4. The van der Waals surface area contributed by atoms with Crippen molar-refractivity contribution >= 4 is 71.6 Å². The summed E-state index contributed by atoms with van der Waals surface area (Å²) < 4.78 is 12.6. The average Bonchev–Trinajstić information content (AvgIpc) is 3.84. The van der Waals surface area contributed by atoms with E-state index in [1.807, 2.05) is 36.4 Å². The van der Waals surface area contributed by atoms with Gasteiger partial charge in [0, 0.05) is 39.0 Å². The van der Waals surface area contributed by atoms with Gasteiger partial charge in [0.2, 0.25) is 5.89 Å². The quantitative estimate of drug-likeness (QED) is 0.162. The van der Waals surface area contributed by atoms with Crippen molar-refractivity contribution in [3.63, 3.8) is 0 Å². The molecule has 0 fully saturated rings. The first-order valence-electron chi connectivity index (χ1n) is 18.5. The Labute approximate surface area is 317 Å². The van der Waals surface area contributed by atoms with E-state index >= 15 is 0 Å². The summed E-state index contributed by atoms with van der Waals surface area (Å²) in [4.78, 5) is 7.21. The molecule has 0 aliphatic rings. The van der Waals surface area contributed by atoms with Crippen molar-refractivity contribution in [1.29, 1.82) is 0 Å². The van der Waals surface area contributed by atoms with Gasteiger partial charge in [-0.15, -0.1) is 0 Å². The number of hydrogen-bond acceptors (Lipinski definition) is 4. The average molecular weight is 705 g/mol. The molecule has 0 atom stereocenters. The molecule has 0 aliphatic carbocycles. The summed E-state index contributed by atoms with van der Waals surface area (Å²) in [6, 6.07) is 68.4. The molecule has 0 spiro atoms. The molecule has 2 aromatic heterocycles. The van der Waals surface area contributed by atoms with Gasteiger partial charge in [0.15, 0.2) is 5.58 Å². The van der Waals surface area contributed by atoms with E-state index < -0.39 is 0 Å². The highest BCUT2D eigenvalue weighted by Crippen LogP contribution is 2.46. The molecular weight excluding hydrogens is 673 g/mol. The van der Waals surface area contributed by atoms with Gasteiger partial charge in [0.1, 0.15) is 16.7 Å². The van der Waals surface area contributed by atoms with Gasteiger partial charge in [0.25, 0.3) is 0 Å². The third kappa shape index (κ3) is 5.26. The van der Waals surface area contributed by atoms with Crippen LogP contribution in [-0.4, -0.2) is 4.98 Å². The number of rotatable bonds is 6. The molecule has 0 unspecified atom stereocenters. The Bertz CT molecular complexity index is 3200. The van der Waals surface area contributed by atoms with Crippen molar-refractivity contribution in [2.75, 3.05) is 4.90 Å². The Balaban J connectivity index is 1.02. The topological polar surface area (TPSA) is 42.4 Å². The minimum absolute atomic E-state index is 0.606. The Morgan fingerprint density at radius 2 is 1.02 bits per heavy atom. The smallest absolute Gasteiger partial charge is 0.227 e. The van der Waals surface area contributed by atoms with Gasteiger partial charge in [-0.25, -0.2) is 4.98 Å². The van der Waals surface area contributed by atoms with Gasteiger partial charge in [-0.3, -0.25) is 0 Å². The van der Waals surface area contributed by atoms with Crippen LogP contribution in [0.15, 0.2) is 203 Å². The summed E-state index contributed by atoms with van der Waals surface area (Å²) in [6.45, 7) is 0. The largest absolute Gasteiger partial charge is 0.456 e. The van der Waals surface area contributed by atoms with Crippen LogP contribution in [0.4, 0.5) is 17.1 Å². The van der Waals surface area contributed by atoms with Crippen molar-refractivity contribution in [1.82, 2.24) is 4.98 Å². The molecule has 258 valence electrons. The maximum Gasteiger partial charge on any atom is 0.227 e. The fourth-order valence-corrected chi connectivity index (χ4v) is 8.04. The molecule has 55 heavy (non-hydrogen) atoms. The predicted octanol–water partition coefficient (Wildman–Crippen LogP) is 14.5. The fraction of sp³-hybridized carbons (Fsp3) is 0. The molecule has 0 N–H and O–H groups in total. The van der Waals surface area contributed by atoms with E-state index in [4.69, 9.17) is 13.8 Å². The number of aromatic nitrogens is 1. The first kappa shape index (κ1) is 31.1. The number of nitrogens with zero attached hydrogens (tertiary/aromatic N) is 2. The van der Waals surface area contributed by atoms with Crippen molar-refractivity contribution in [2.24, 2.45) is 0 Å². The molecule has 11 aromatic rings. The number of fused-ring (bicyclic) bond motifs is 7. The molecule has 11 rings (SSSR count). The molecular formula is C51H32N2O2. The Hall–Kier alpha value is -7.43. The van der Waals surface area contributed by atoms with Crippen LogP contribution in [-0.2, 0) is 0 Å². The van der Waals surface area contributed by atoms with Gasteiger partial charge in [0.05, 0.1) is 11.4 Å². The SMILES string of the molecule is c1ccc(-c2nc3cc4c(cc3o2)oc2cc(-c3ccc(N(c5ccccc5-c5ccccc5)c5cc6ccccc6c6ccccc56)cc3)ccc24)cc1. The van der Waals surface area contributed by atoms with Crippen molar-refractivity contribution in [2.45, 2.75) is 0 Å². The third-order valence-electron chi connectivity index (χ3n) is 10.7. The first-order valence-corrected chi connectivity index (χ1v) is 18.5. The lowest BCUT2D eigenvalue weighted by molar-refractivity contribution is 0.617. The zero-order chi connectivity index (χ0) is 36.3. The maximum atomic E-state index is 6.45. The Kier molecular flexibility index (Phi) is 7.14. The van der Waals surface area contributed by atoms with E-state index in [0.29, 0.717) is 11.5 Å². The Morgan fingerprint density at radius 1 is 0.364 bits per heavy atom. The summed E-state index contributed by atoms with van der Waals surface area (Å²) in [5.74, 6) is 0.606. The van der Waals surface area contributed by atoms with Crippen LogP contribution >= 0.6 is 0 Å². The van der Waals surface area contributed by atoms with Crippen LogP contribution in [0.2, 0.25) is 0 Å². The second-order valence-corrected chi connectivity index (χ2v) is 13.9. The molecule has 0 radical (unpaired) electrons. The van der Waals surface area contributed by atoms with E-state index in [-0.39, 0.29) is 0 Å². The molecule has 0 bridgehead atoms. The second-order valence-electron chi connectivity index (χ2n) is 13.9. The van der Waals surface area contributed by atoms with Crippen LogP contribution in [0.5, 0.6) is 0 Å². The summed E-state index contributed by atoms with van der Waals surface area (Å²) in [5, 5.41) is 6.95. The summed E-state index contributed by atoms with van der Waals surface area (Å²) >= 11 is 0. The van der Waals surface area contributed by atoms with Gasteiger partial charge in [-0.05, 0) is 87.4 Å². The lowest BCUT2D eigenvalue weighted by Crippen LogP contribution is -2.12. The summed E-state index contributed by atoms with van der Waals surface area (Å²) in [6.07, 6.45) is 0. The number of anilines is 3. The van der Waals surface area contributed by atoms with Crippen LogP contribution in [0, 0.1) is 0 Å². The number of hydrogen-bond donors (Lipinski definition) is 0. The third-order valence-corrected chi connectivity index (χ3v) is 10.7. The molecule has 2 heterocycles. The van der Waals surface area contributed by atoms with Crippen LogP contribution < -0.4 is 4.90 Å². The van der Waals surface area contributed by atoms with Gasteiger partial charge < -0.3 is 13.7 Å². The monoisotopic (exact) mass is 704 g/mol. The molecule has 9 aromatic carbocycles. The minimum Gasteiger partial charge on any atom is -0.456 e. The van der Waals surface area contributed by atoms with E-state index in [0.717, 1.165) is 66.8 Å². The number of oxazole rings is 1. The van der Waals surface area contributed by atoms with Crippen molar-refractivity contribution < 1.29 is 8.83 Å². The van der Waals surface area contributed by atoms with E-state index in [9.17, 15) is 0 Å². The van der Waals surface area contributed by atoms with E-state index in [2.05, 4.69) is 163 Å². The molecule has 4 heteroatoms.